The van der Waals surface area contributed by atoms with E-state index in [0.717, 1.165) is 29.9 Å². The van der Waals surface area contributed by atoms with E-state index in [-0.39, 0.29) is 12.1 Å². The van der Waals surface area contributed by atoms with Crippen molar-refractivity contribution >= 4 is 12.4 Å². The highest BCUT2D eigenvalue weighted by Crippen LogP contribution is 2.22. The predicted octanol–water partition coefficient (Wildman–Crippen LogP) is 1.38. The molecule has 3 aliphatic heterocycles. The number of hydrogen-bond donors (Lipinski definition) is 3. The van der Waals surface area contributed by atoms with Crippen LogP contribution >= 0.6 is 0 Å². The maximum absolute atomic E-state index is 11.0. The summed E-state index contributed by atoms with van der Waals surface area (Å²) in [6, 6.07) is 0. The van der Waals surface area contributed by atoms with Gasteiger partial charge in [0, 0.05) is 37.6 Å². The van der Waals surface area contributed by atoms with Crippen molar-refractivity contribution in [3.63, 3.8) is 0 Å². The number of rotatable bonds is 4. The molecule has 7 nitrogen and oxygen atoms in total. The summed E-state index contributed by atoms with van der Waals surface area (Å²) in [4.78, 5) is 11.0. The minimum Gasteiger partial charge on any atom is -0.379 e. The van der Waals surface area contributed by atoms with E-state index in [9.17, 15) is 10.2 Å². The van der Waals surface area contributed by atoms with Crippen LogP contribution in [0.3, 0.4) is 0 Å². The van der Waals surface area contributed by atoms with Crippen molar-refractivity contribution in [2.45, 2.75) is 38.9 Å². The molecule has 152 valence electrons. The van der Waals surface area contributed by atoms with Gasteiger partial charge in [-0.3, -0.25) is 14.9 Å². The average Bonchev–Trinajstić information content (AvgIpc) is 2.70. The summed E-state index contributed by atoms with van der Waals surface area (Å²) in [6.07, 6.45) is 12.0. The second-order valence-corrected chi connectivity index (χ2v) is 7.40. The maximum atomic E-state index is 11.0. The van der Waals surface area contributed by atoms with Crippen molar-refractivity contribution in [2.24, 2.45) is 15.9 Å². The van der Waals surface area contributed by atoms with Crippen molar-refractivity contribution in [3.05, 3.63) is 47.2 Å². The van der Waals surface area contributed by atoms with Crippen LogP contribution in [0.1, 0.15) is 20.3 Å². The second-order valence-electron chi connectivity index (χ2n) is 7.40. The SMILES string of the molecule is CC1=C/C(N[C@@H](O)C2C=CC=NC2N2CCOCC2)=C\C=C(/C)CC(O)\N=C\1. The number of aliphatic imine (C=N–C) groups is 2. The van der Waals surface area contributed by atoms with Crippen LogP contribution in [0.5, 0.6) is 0 Å². The summed E-state index contributed by atoms with van der Waals surface area (Å²) in [5.74, 6) is -0.173. The number of morpholine rings is 1. The Hall–Kier alpha value is -2.06. The van der Waals surface area contributed by atoms with E-state index in [2.05, 4.69) is 20.2 Å². The number of ether oxygens (including phenoxy) is 1. The van der Waals surface area contributed by atoms with Crippen LogP contribution in [0, 0.1) is 5.92 Å². The Morgan fingerprint density at radius 1 is 1.21 bits per heavy atom. The molecule has 0 aromatic heterocycles. The van der Waals surface area contributed by atoms with Gasteiger partial charge in [-0.05, 0) is 37.6 Å². The van der Waals surface area contributed by atoms with Crippen molar-refractivity contribution in [1.82, 2.24) is 10.2 Å². The summed E-state index contributed by atoms with van der Waals surface area (Å²) in [5.41, 5.74) is 2.69. The van der Waals surface area contributed by atoms with Gasteiger partial charge in [-0.25, -0.2) is 0 Å². The van der Waals surface area contributed by atoms with E-state index in [1.165, 1.54) is 0 Å². The molecule has 0 bridgehead atoms. The van der Waals surface area contributed by atoms with Gasteiger partial charge >= 0.3 is 0 Å². The third-order valence-electron chi connectivity index (χ3n) is 4.99. The number of hydrogen-bond acceptors (Lipinski definition) is 7. The van der Waals surface area contributed by atoms with E-state index in [1.807, 2.05) is 44.2 Å². The molecule has 3 rings (SSSR count). The van der Waals surface area contributed by atoms with E-state index >= 15 is 0 Å². The lowest BCUT2D eigenvalue weighted by atomic mass is 9.99. The first-order valence-corrected chi connectivity index (χ1v) is 9.76. The highest BCUT2D eigenvalue weighted by molar-refractivity contribution is 5.78. The van der Waals surface area contributed by atoms with E-state index in [0.29, 0.717) is 19.6 Å². The standard InChI is InChI=1S/C21H30N4O3/c1-15-5-6-17(12-16(2)14-23-19(26)13-15)24-21(27)18-4-3-7-22-20(18)25-8-10-28-11-9-25/h3-7,12,14,18-21,24,26-27H,8-11,13H2,1-2H3/b15-5+,16-12-,17-6+,23-14+/t18?,19?,20?,21-/m0/s1. The Morgan fingerprint density at radius 2 is 2.00 bits per heavy atom. The summed E-state index contributed by atoms with van der Waals surface area (Å²) in [5, 5.41) is 24.1. The molecule has 0 amide bonds. The first-order chi connectivity index (χ1) is 13.5. The van der Waals surface area contributed by atoms with Gasteiger partial charge in [0.05, 0.1) is 19.1 Å². The lowest BCUT2D eigenvalue weighted by Crippen LogP contribution is -2.51. The van der Waals surface area contributed by atoms with E-state index in [1.54, 1.807) is 12.4 Å². The summed E-state index contributed by atoms with van der Waals surface area (Å²) >= 11 is 0. The van der Waals surface area contributed by atoms with Gasteiger partial charge in [0.1, 0.15) is 18.6 Å². The number of aliphatic hydroxyl groups is 2. The first-order valence-electron chi connectivity index (χ1n) is 9.76. The molecule has 1 saturated heterocycles. The first kappa shape index (κ1) is 20.7. The minimum atomic E-state index is -0.795. The van der Waals surface area contributed by atoms with Crippen LogP contribution in [-0.4, -0.2) is 72.5 Å². The van der Waals surface area contributed by atoms with Crippen LogP contribution in [-0.2, 0) is 4.74 Å². The van der Waals surface area contributed by atoms with E-state index < -0.39 is 12.5 Å². The fraction of sp³-hybridized carbons (Fsp3) is 0.524. The van der Waals surface area contributed by atoms with Gasteiger partial charge in [0.15, 0.2) is 0 Å². The van der Waals surface area contributed by atoms with Crippen LogP contribution in [0.25, 0.3) is 0 Å². The number of nitrogens with zero attached hydrogens (tertiary/aromatic N) is 3. The Labute approximate surface area is 166 Å². The molecule has 28 heavy (non-hydrogen) atoms. The van der Waals surface area contributed by atoms with Gasteiger partial charge in [-0.15, -0.1) is 0 Å². The normalized spacial score (nSPS) is 37.0. The van der Waals surface area contributed by atoms with Gasteiger partial charge in [0.2, 0.25) is 0 Å². The molecular formula is C21H30N4O3. The summed E-state index contributed by atoms with van der Waals surface area (Å²) in [6.45, 7) is 6.86. The zero-order valence-corrected chi connectivity index (χ0v) is 16.5. The third-order valence-corrected chi connectivity index (χ3v) is 4.99. The Bertz CT molecular complexity index is 717. The van der Waals surface area contributed by atoms with Crippen molar-refractivity contribution < 1.29 is 14.9 Å². The molecule has 0 radical (unpaired) electrons. The topological polar surface area (TPSA) is 89.7 Å². The van der Waals surface area contributed by atoms with Crippen LogP contribution < -0.4 is 5.32 Å². The Kier molecular flexibility index (Phi) is 7.33. The van der Waals surface area contributed by atoms with Crippen molar-refractivity contribution in [1.29, 1.82) is 0 Å². The molecule has 4 atom stereocenters. The number of dihydropyridines is 1. The van der Waals surface area contributed by atoms with Gasteiger partial charge in [0.25, 0.3) is 0 Å². The number of aliphatic hydroxyl groups excluding tert-OH is 2. The number of allylic oxidation sites excluding steroid dienone is 5. The third kappa shape index (κ3) is 5.72. The van der Waals surface area contributed by atoms with Crippen LogP contribution in [0.2, 0.25) is 0 Å². The highest BCUT2D eigenvalue weighted by Gasteiger charge is 2.32. The second kappa shape index (κ2) is 9.93. The minimum absolute atomic E-state index is 0.115. The zero-order chi connectivity index (χ0) is 19.9. The van der Waals surface area contributed by atoms with Crippen molar-refractivity contribution in [2.75, 3.05) is 26.3 Å². The van der Waals surface area contributed by atoms with Crippen LogP contribution in [0.15, 0.2) is 57.2 Å². The van der Waals surface area contributed by atoms with E-state index in [4.69, 9.17) is 4.74 Å². The average molecular weight is 386 g/mol. The molecule has 3 N–H and O–H groups in total. The molecule has 0 aromatic rings. The molecule has 7 heteroatoms. The quantitative estimate of drug-likeness (QED) is 0.635. The smallest absolute Gasteiger partial charge is 0.148 e. The lowest BCUT2D eigenvalue weighted by Gasteiger charge is -2.38. The number of nitrogens with one attached hydrogen (secondary N) is 1. The Morgan fingerprint density at radius 3 is 2.79 bits per heavy atom. The monoisotopic (exact) mass is 386 g/mol. The van der Waals surface area contributed by atoms with Crippen LogP contribution in [0.4, 0.5) is 0 Å². The fourth-order valence-electron chi connectivity index (χ4n) is 3.49. The molecule has 3 unspecified atom stereocenters. The zero-order valence-electron chi connectivity index (χ0n) is 16.5. The highest BCUT2D eigenvalue weighted by atomic mass is 16.5. The molecule has 0 aliphatic carbocycles. The molecule has 0 spiro atoms. The Balaban J connectivity index is 1.75. The van der Waals surface area contributed by atoms with Gasteiger partial charge in [-0.1, -0.05) is 17.7 Å². The molecule has 3 aliphatic rings. The maximum Gasteiger partial charge on any atom is 0.148 e. The largest absolute Gasteiger partial charge is 0.379 e. The lowest BCUT2D eigenvalue weighted by molar-refractivity contribution is -0.0138. The predicted molar refractivity (Wildman–Crippen MR) is 111 cm³/mol. The van der Waals surface area contributed by atoms with Gasteiger partial charge < -0.3 is 20.3 Å². The van der Waals surface area contributed by atoms with Crippen molar-refractivity contribution in [3.8, 4) is 0 Å². The molecule has 0 aromatic carbocycles. The molecular weight excluding hydrogens is 356 g/mol. The molecule has 1 fully saturated rings. The summed E-state index contributed by atoms with van der Waals surface area (Å²) < 4.78 is 5.44. The fourth-order valence-corrected chi connectivity index (χ4v) is 3.49. The molecule has 3 heterocycles. The summed E-state index contributed by atoms with van der Waals surface area (Å²) in [7, 11) is 0. The molecule has 0 saturated carbocycles. The van der Waals surface area contributed by atoms with Gasteiger partial charge in [-0.2, -0.15) is 0 Å².